The Hall–Kier alpha value is -3.09. The van der Waals surface area contributed by atoms with Gasteiger partial charge in [0.25, 0.3) is 0 Å². The number of unbranched alkanes of at least 4 members (excludes halogenated alkanes) is 1. The highest BCUT2D eigenvalue weighted by molar-refractivity contribution is 7.98. The third-order valence-corrected chi connectivity index (χ3v) is 6.39. The summed E-state index contributed by atoms with van der Waals surface area (Å²) in [5.74, 6) is -2.26. The number of benzene rings is 1. The number of hydrogen-bond acceptors (Lipinski definition) is 7. The van der Waals surface area contributed by atoms with E-state index >= 15 is 0 Å². The summed E-state index contributed by atoms with van der Waals surface area (Å²) in [6, 6.07) is 4.53. The van der Waals surface area contributed by atoms with E-state index in [1.807, 2.05) is 30.5 Å². The Morgan fingerprint density at radius 2 is 1.67 bits per heavy atom. The van der Waals surface area contributed by atoms with Crippen LogP contribution >= 0.6 is 11.8 Å². The zero-order valence-electron chi connectivity index (χ0n) is 20.4. The average molecular weight is 521 g/mol. The van der Waals surface area contributed by atoms with Gasteiger partial charge in [0.2, 0.25) is 17.7 Å². The number of fused-ring (bicyclic) bond motifs is 1. The molecule has 1 aromatic heterocycles. The Labute approximate surface area is 214 Å². The maximum absolute atomic E-state index is 13.3. The van der Waals surface area contributed by atoms with E-state index in [1.54, 1.807) is 6.20 Å². The number of para-hydroxylation sites is 1. The molecule has 0 saturated heterocycles. The number of nitrogens with one attached hydrogen (secondary N) is 4. The number of hydrogen-bond donors (Lipinski definition) is 7. The first-order valence-corrected chi connectivity index (χ1v) is 13.3. The topological polar surface area (TPSA) is 192 Å². The van der Waals surface area contributed by atoms with Crippen LogP contribution in [0, 0.1) is 0 Å². The molecule has 3 unspecified atom stereocenters. The van der Waals surface area contributed by atoms with E-state index < -0.39 is 41.8 Å². The quantitative estimate of drug-likeness (QED) is 0.151. The fraction of sp³-hybridized carbons (Fsp3) is 0.500. The Bertz CT molecular complexity index is 1030. The predicted molar refractivity (Wildman–Crippen MR) is 140 cm³/mol. The molecule has 9 N–H and O–H groups in total. The summed E-state index contributed by atoms with van der Waals surface area (Å²) in [7, 11) is 0. The number of aliphatic carboxylic acids is 1. The number of carboxylic acids is 1. The summed E-state index contributed by atoms with van der Waals surface area (Å²) in [6.45, 7) is 0.122. The van der Waals surface area contributed by atoms with Gasteiger partial charge in [-0.15, -0.1) is 0 Å². The molecule has 0 aliphatic carbocycles. The number of aromatic amines is 1. The lowest BCUT2D eigenvalue weighted by Gasteiger charge is -2.24. The lowest BCUT2D eigenvalue weighted by molar-refractivity contribution is -0.142. The van der Waals surface area contributed by atoms with Gasteiger partial charge in [-0.05, 0) is 55.9 Å². The first-order chi connectivity index (χ1) is 17.3. The number of rotatable bonds is 16. The maximum Gasteiger partial charge on any atom is 0.326 e. The number of carboxylic acid groups (broad SMARTS) is 1. The van der Waals surface area contributed by atoms with Gasteiger partial charge in [-0.25, -0.2) is 4.79 Å². The highest BCUT2D eigenvalue weighted by Crippen LogP contribution is 2.19. The predicted octanol–water partition coefficient (Wildman–Crippen LogP) is 0.0902. The third kappa shape index (κ3) is 8.85. The van der Waals surface area contributed by atoms with Gasteiger partial charge in [-0.2, -0.15) is 11.8 Å². The molecule has 3 atom stereocenters. The average Bonchev–Trinajstić information content (AvgIpc) is 3.27. The molecule has 0 bridgehead atoms. The maximum atomic E-state index is 13.3. The smallest absolute Gasteiger partial charge is 0.326 e. The molecular weight excluding hydrogens is 484 g/mol. The Kier molecular flexibility index (Phi) is 12.2. The van der Waals surface area contributed by atoms with Crippen molar-refractivity contribution >= 4 is 46.4 Å². The molecule has 12 heteroatoms. The van der Waals surface area contributed by atoms with E-state index in [-0.39, 0.29) is 25.8 Å². The number of thioether (sulfide) groups is 1. The minimum atomic E-state index is -1.14. The summed E-state index contributed by atoms with van der Waals surface area (Å²) in [4.78, 5) is 53.1. The zero-order valence-corrected chi connectivity index (χ0v) is 21.2. The summed E-state index contributed by atoms with van der Waals surface area (Å²) in [5, 5.41) is 18.3. The number of carbonyl (C=O) groups is 4. The molecule has 1 heterocycles. The van der Waals surface area contributed by atoms with Crippen molar-refractivity contribution in [3.8, 4) is 0 Å². The second kappa shape index (κ2) is 15.1. The van der Waals surface area contributed by atoms with Crippen molar-refractivity contribution in [2.24, 2.45) is 11.5 Å². The minimum absolute atomic E-state index is 0.171. The van der Waals surface area contributed by atoms with Crippen molar-refractivity contribution in [3.05, 3.63) is 36.0 Å². The van der Waals surface area contributed by atoms with Crippen LogP contribution in [-0.2, 0) is 25.6 Å². The lowest BCUT2D eigenvalue weighted by Crippen LogP contribution is -2.56. The first-order valence-electron chi connectivity index (χ1n) is 11.9. The van der Waals surface area contributed by atoms with Gasteiger partial charge in [0.05, 0.1) is 6.54 Å². The lowest BCUT2D eigenvalue weighted by atomic mass is 10.0. The van der Waals surface area contributed by atoms with E-state index in [2.05, 4.69) is 20.9 Å². The van der Waals surface area contributed by atoms with Crippen LogP contribution in [0.1, 0.15) is 31.2 Å². The monoisotopic (exact) mass is 520 g/mol. The van der Waals surface area contributed by atoms with Gasteiger partial charge in [0.15, 0.2) is 0 Å². The summed E-state index contributed by atoms with van der Waals surface area (Å²) in [6.07, 6.45) is 5.50. The van der Waals surface area contributed by atoms with E-state index in [0.717, 1.165) is 16.5 Å². The molecule has 3 amide bonds. The second-order valence-electron chi connectivity index (χ2n) is 8.41. The minimum Gasteiger partial charge on any atom is -0.480 e. The van der Waals surface area contributed by atoms with Crippen molar-refractivity contribution < 1.29 is 24.3 Å². The fourth-order valence-electron chi connectivity index (χ4n) is 3.78. The number of nitrogens with two attached hydrogens (primary N) is 2. The van der Waals surface area contributed by atoms with E-state index in [0.29, 0.717) is 25.1 Å². The number of amides is 3. The van der Waals surface area contributed by atoms with E-state index in [4.69, 9.17) is 11.5 Å². The standard InChI is InChI=1S/C24H36N6O5S/c1-36-11-9-19(24(34)35)30-22(32)18(8-4-5-10-25)29-23(33)20(28-21(31)13-26)12-15-14-27-17-7-3-2-6-16(15)17/h2-3,6-7,14,18-20,27H,4-5,8-13,25-26H2,1H3,(H,28,31)(H,29,33)(H,30,32)(H,34,35). The normalized spacial score (nSPS) is 13.5. The van der Waals surface area contributed by atoms with Crippen LogP contribution in [0.4, 0.5) is 0 Å². The highest BCUT2D eigenvalue weighted by Gasteiger charge is 2.29. The van der Waals surface area contributed by atoms with Crippen LogP contribution in [0.25, 0.3) is 10.9 Å². The summed E-state index contributed by atoms with van der Waals surface area (Å²) in [5.41, 5.74) is 12.7. The number of carbonyl (C=O) groups excluding carboxylic acids is 3. The molecule has 0 fully saturated rings. The molecule has 0 aliphatic heterocycles. The van der Waals surface area contributed by atoms with Crippen molar-refractivity contribution in [3.63, 3.8) is 0 Å². The molecule has 0 radical (unpaired) electrons. The van der Waals surface area contributed by atoms with Gasteiger partial charge >= 0.3 is 5.97 Å². The molecule has 198 valence electrons. The van der Waals surface area contributed by atoms with Gasteiger partial charge in [0, 0.05) is 23.5 Å². The highest BCUT2D eigenvalue weighted by atomic mass is 32.2. The van der Waals surface area contributed by atoms with Crippen LogP contribution in [0.3, 0.4) is 0 Å². The molecule has 0 spiro atoms. The Morgan fingerprint density at radius 3 is 2.33 bits per heavy atom. The number of aromatic nitrogens is 1. The van der Waals surface area contributed by atoms with Crippen molar-refractivity contribution in [1.29, 1.82) is 0 Å². The Morgan fingerprint density at radius 1 is 0.972 bits per heavy atom. The van der Waals surface area contributed by atoms with Gasteiger partial charge < -0.3 is 37.5 Å². The molecule has 1 aromatic carbocycles. The number of H-pyrrole nitrogens is 1. The molecule has 0 saturated carbocycles. The van der Waals surface area contributed by atoms with Crippen LogP contribution in [-0.4, -0.2) is 77.0 Å². The largest absolute Gasteiger partial charge is 0.480 e. The van der Waals surface area contributed by atoms with Crippen molar-refractivity contribution in [2.45, 2.75) is 50.2 Å². The molecule has 0 aliphatic rings. The van der Waals surface area contributed by atoms with Gasteiger partial charge in [-0.3, -0.25) is 14.4 Å². The van der Waals surface area contributed by atoms with Crippen LogP contribution in [0.5, 0.6) is 0 Å². The van der Waals surface area contributed by atoms with Crippen LogP contribution in [0.15, 0.2) is 30.5 Å². The van der Waals surface area contributed by atoms with Crippen LogP contribution < -0.4 is 27.4 Å². The van der Waals surface area contributed by atoms with Crippen LogP contribution in [0.2, 0.25) is 0 Å². The fourth-order valence-corrected chi connectivity index (χ4v) is 4.25. The van der Waals surface area contributed by atoms with Gasteiger partial charge in [0.1, 0.15) is 18.1 Å². The zero-order chi connectivity index (χ0) is 26.5. The Balaban J connectivity index is 2.21. The first kappa shape index (κ1) is 29.1. The van der Waals surface area contributed by atoms with E-state index in [9.17, 15) is 24.3 Å². The molecular formula is C24H36N6O5S. The third-order valence-electron chi connectivity index (χ3n) is 5.74. The molecule has 2 aromatic rings. The molecule has 11 nitrogen and oxygen atoms in total. The molecule has 36 heavy (non-hydrogen) atoms. The van der Waals surface area contributed by atoms with Crippen molar-refractivity contribution in [2.75, 3.05) is 25.1 Å². The van der Waals surface area contributed by atoms with E-state index in [1.165, 1.54) is 11.8 Å². The van der Waals surface area contributed by atoms with Gasteiger partial charge in [-0.1, -0.05) is 18.2 Å². The summed E-state index contributed by atoms with van der Waals surface area (Å²) >= 11 is 1.47. The summed E-state index contributed by atoms with van der Waals surface area (Å²) < 4.78 is 0. The second-order valence-corrected chi connectivity index (χ2v) is 9.40. The SMILES string of the molecule is CSCCC(NC(=O)C(CCCCN)NC(=O)C(Cc1c[nH]c2ccccc12)NC(=O)CN)C(=O)O. The molecule has 2 rings (SSSR count). The van der Waals surface area contributed by atoms with Crippen molar-refractivity contribution in [1.82, 2.24) is 20.9 Å².